The lowest BCUT2D eigenvalue weighted by molar-refractivity contribution is 0.522. The third-order valence-electron chi connectivity index (χ3n) is 3.17. The van der Waals surface area contributed by atoms with E-state index in [0.717, 1.165) is 15.9 Å². The number of hydrogen-bond acceptors (Lipinski definition) is 0. The summed E-state index contributed by atoms with van der Waals surface area (Å²) in [6.45, 7) is 4.53. The van der Waals surface area contributed by atoms with Crippen molar-refractivity contribution in [2.24, 2.45) is 0 Å². The third-order valence-corrected chi connectivity index (χ3v) is 3.91. The summed E-state index contributed by atoms with van der Waals surface area (Å²) in [6, 6.07) is 16.6. The molecule has 0 amide bonds. The van der Waals surface area contributed by atoms with Crippen LogP contribution < -0.4 is 0 Å². The van der Waals surface area contributed by atoms with Crippen molar-refractivity contribution >= 4 is 27.5 Å². The maximum Gasteiger partial charge on any atom is 0.0406 e. The van der Waals surface area contributed by atoms with E-state index in [4.69, 9.17) is 11.6 Å². The molecule has 0 saturated heterocycles. The van der Waals surface area contributed by atoms with Crippen LogP contribution in [0.5, 0.6) is 0 Å². The molecule has 0 atom stereocenters. The molecule has 2 aromatic rings. The van der Waals surface area contributed by atoms with Gasteiger partial charge >= 0.3 is 0 Å². The highest BCUT2D eigenvalue weighted by Crippen LogP contribution is 2.29. The molecule has 0 radical (unpaired) electrons. The van der Waals surface area contributed by atoms with Crippen molar-refractivity contribution < 1.29 is 0 Å². The monoisotopic (exact) mass is 322 g/mol. The first-order chi connectivity index (χ1) is 8.47. The zero-order valence-electron chi connectivity index (χ0n) is 10.6. The summed E-state index contributed by atoms with van der Waals surface area (Å²) in [5.74, 6) is 0. The Morgan fingerprint density at radius 2 is 1.72 bits per heavy atom. The van der Waals surface area contributed by atoms with Gasteiger partial charge in [0.1, 0.15) is 0 Å². The van der Waals surface area contributed by atoms with Gasteiger partial charge in [-0.2, -0.15) is 0 Å². The van der Waals surface area contributed by atoms with E-state index in [1.807, 2.05) is 12.1 Å². The Morgan fingerprint density at radius 1 is 1.06 bits per heavy atom. The average molecular weight is 324 g/mol. The van der Waals surface area contributed by atoms with Gasteiger partial charge in [-0.25, -0.2) is 0 Å². The summed E-state index contributed by atoms with van der Waals surface area (Å²) in [5.41, 5.74) is 2.76. The van der Waals surface area contributed by atoms with Crippen LogP contribution in [0.3, 0.4) is 0 Å². The molecule has 18 heavy (non-hydrogen) atoms. The van der Waals surface area contributed by atoms with E-state index in [1.165, 1.54) is 11.1 Å². The van der Waals surface area contributed by atoms with Crippen molar-refractivity contribution in [3.8, 4) is 0 Å². The van der Waals surface area contributed by atoms with E-state index in [1.54, 1.807) is 0 Å². The van der Waals surface area contributed by atoms with Gasteiger partial charge in [-0.3, -0.25) is 0 Å². The Labute approximate surface area is 122 Å². The summed E-state index contributed by atoms with van der Waals surface area (Å²) in [7, 11) is 0. The lowest BCUT2D eigenvalue weighted by Gasteiger charge is -2.25. The molecule has 0 nitrogen and oxygen atoms in total. The van der Waals surface area contributed by atoms with E-state index in [-0.39, 0.29) is 5.41 Å². The summed E-state index contributed by atoms with van der Waals surface area (Å²) in [4.78, 5) is 0. The van der Waals surface area contributed by atoms with Gasteiger partial charge in [-0.05, 0) is 47.2 Å². The maximum absolute atomic E-state index is 5.91. The molecule has 0 spiro atoms. The minimum absolute atomic E-state index is 0.109. The Balaban J connectivity index is 2.23. The smallest absolute Gasteiger partial charge is 0.0406 e. The number of rotatable bonds is 3. The molecule has 2 rings (SSSR count). The van der Waals surface area contributed by atoms with Gasteiger partial charge in [-0.15, -0.1) is 0 Å². The highest BCUT2D eigenvalue weighted by Gasteiger charge is 2.21. The Bertz CT molecular complexity index is 529. The van der Waals surface area contributed by atoms with Gasteiger partial charge < -0.3 is 0 Å². The molecular weight excluding hydrogens is 308 g/mol. The Kier molecular flexibility index (Phi) is 4.14. The zero-order valence-corrected chi connectivity index (χ0v) is 12.9. The standard InChI is InChI=1S/C16H16BrCl/c1-16(2,13-4-3-5-14(17)10-13)11-12-6-8-15(18)9-7-12/h3-10H,11H2,1-2H3. The molecule has 2 aromatic carbocycles. The molecule has 0 aromatic heterocycles. The van der Waals surface area contributed by atoms with Gasteiger partial charge in [0.25, 0.3) is 0 Å². The summed E-state index contributed by atoms with van der Waals surface area (Å²) >= 11 is 9.45. The molecule has 0 heterocycles. The van der Waals surface area contributed by atoms with Crippen LogP contribution in [-0.2, 0) is 11.8 Å². The van der Waals surface area contributed by atoms with Gasteiger partial charge in [0.2, 0.25) is 0 Å². The highest BCUT2D eigenvalue weighted by molar-refractivity contribution is 9.10. The molecule has 0 aliphatic heterocycles. The van der Waals surface area contributed by atoms with Crippen molar-refractivity contribution in [3.63, 3.8) is 0 Å². The molecule has 0 fully saturated rings. The van der Waals surface area contributed by atoms with Crippen molar-refractivity contribution in [2.45, 2.75) is 25.7 Å². The van der Waals surface area contributed by atoms with Gasteiger partial charge in [0, 0.05) is 9.50 Å². The second-order valence-corrected chi connectivity index (χ2v) is 6.55. The molecule has 0 bridgehead atoms. The second kappa shape index (κ2) is 5.46. The predicted molar refractivity (Wildman–Crippen MR) is 82.3 cm³/mol. The summed E-state index contributed by atoms with van der Waals surface area (Å²) < 4.78 is 1.13. The number of benzene rings is 2. The van der Waals surface area contributed by atoms with Crippen molar-refractivity contribution in [1.82, 2.24) is 0 Å². The van der Waals surface area contributed by atoms with E-state index >= 15 is 0 Å². The molecule has 94 valence electrons. The van der Waals surface area contributed by atoms with Crippen LogP contribution in [0.4, 0.5) is 0 Å². The van der Waals surface area contributed by atoms with Gasteiger partial charge in [0.05, 0.1) is 0 Å². The largest absolute Gasteiger partial charge is 0.0843 e. The van der Waals surface area contributed by atoms with E-state index in [9.17, 15) is 0 Å². The molecule has 0 N–H and O–H groups in total. The van der Waals surface area contributed by atoms with Gasteiger partial charge in [0.15, 0.2) is 0 Å². The first-order valence-corrected chi connectivity index (χ1v) is 7.15. The Morgan fingerprint density at radius 3 is 2.33 bits per heavy atom. The highest BCUT2D eigenvalue weighted by atomic mass is 79.9. The second-order valence-electron chi connectivity index (χ2n) is 5.20. The first kappa shape index (κ1) is 13.6. The quantitative estimate of drug-likeness (QED) is 0.687. The SMILES string of the molecule is CC(C)(Cc1ccc(Cl)cc1)c1cccc(Br)c1. The van der Waals surface area contributed by atoms with Crippen LogP contribution in [0, 0.1) is 0 Å². The van der Waals surface area contributed by atoms with Crippen LogP contribution >= 0.6 is 27.5 Å². The van der Waals surface area contributed by atoms with Gasteiger partial charge in [-0.1, -0.05) is 65.6 Å². The van der Waals surface area contributed by atoms with Crippen molar-refractivity contribution in [2.75, 3.05) is 0 Å². The number of hydrogen-bond donors (Lipinski definition) is 0. The van der Waals surface area contributed by atoms with E-state index < -0.39 is 0 Å². The van der Waals surface area contributed by atoms with E-state index in [2.05, 4.69) is 66.2 Å². The van der Waals surface area contributed by atoms with Crippen molar-refractivity contribution in [3.05, 3.63) is 69.2 Å². The van der Waals surface area contributed by atoms with Crippen LogP contribution in [0.25, 0.3) is 0 Å². The minimum Gasteiger partial charge on any atom is -0.0843 e. The topological polar surface area (TPSA) is 0 Å². The molecule has 0 unspecified atom stereocenters. The Hall–Kier alpha value is -0.790. The minimum atomic E-state index is 0.109. The van der Waals surface area contributed by atoms with E-state index in [0.29, 0.717) is 0 Å². The van der Waals surface area contributed by atoms with Crippen LogP contribution in [0.2, 0.25) is 5.02 Å². The fraction of sp³-hybridized carbons (Fsp3) is 0.250. The molecule has 0 saturated carbocycles. The average Bonchev–Trinajstić information content (AvgIpc) is 2.32. The van der Waals surface area contributed by atoms with Crippen LogP contribution in [0.15, 0.2) is 53.0 Å². The zero-order chi connectivity index (χ0) is 13.2. The number of halogens is 2. The fourth-order valence-electron chi connectivity index (χ4n) is 2.12. The molecule has 2 heteroatoms. The fourth-order valence-corrected chi connectivity index (χ4v) is 2.65. The normalized spacial score (nSPS) is 11.6. The molecule has 0 aliphatic rings. The van der Waals surface area contributed by atoms with Crippen LogP contribution in [0.1, 0.15) is 25.0 Å². The predicted octanol–water partition coefficient (Wildman–Crippen LogP) is 5.62. The maximum atomic E-state index is 5.91. The molecule has 0 aliphatic carbocycles. The summed E-state index contributed by atoms with van der Waals surface area (Å²) in [6.07, 6.45) is 1.00. The lowest BCUT2D eigenvalue weighted by atomic mass is 9.79. The molecular formula is C16H16BrCl. The van der Waals surface area contributed by atoms with Crippen LogP contribution in [-0.4, -0.2) is 0 Å². The summed E-state index contributed by atoms with van der Waals surface area (Å²) in [5, 5.41) is 0.791. The first-order valence-electron chi connectivity index (χ1n) is 5.98. The van der Waals surface area contributed by atoms with Crippen molar-refractivity contribution in [1.29, 1.82) is 0 Å². The lowest BCUT2D eigenvalue weighted by Crippen LogP contribution is -2.20. The third kappa shape index (κ3) is 3.37.